The van der Waals surface area contributed by atoms with E-state index in [1.54, 1.807) is 6.20 Å². The Bertz CT molecular complexity index is 885. The Morgan fingerprint density at radius 1 is 1.21 bits per heavy atom. The second-order valence-corrected chi connectivity index (χ2v) is 7.60. The van der Waals surface area contributed by atoms with Crippen molar-refractivity contribution >= 4 is 11.8 Å². The van der Waals surface area contributed by atoms with Gasteiger partial charge in [-0.1, -0.05) is 6.07 Å². The molecule has 4 heterocycles. The Labute approximate surface area is 162 Å². The van der Waals surface area contributed by atoms with Gasteiger partial charge in [0.05, 0.1) is 6.20 Å². The molecule has 2 unspecified atom stereocenters. The van der Waals surface area contributed by atoms with Crippen molar-refractivity contribution in [2.24, 2.45) is 0 Å². The van der Waals surface area contributed by atoms with Gasteiger partial charge < -0.3 is 14.2 Å². The maximum Gasteiger partial charge on any atom is 0.253 e. The molecule has 146 valence electrons. The van der Waals surface area contributed by atoms with Crippen LogP contribution in [0.4, 0.5) is 0 Å². The fourth-order valence-corrected chi connectivity index (χ4v) is 4.43. The van der Waals surface area contributed by atoms with Crippen LogP contribution in [0.15, 0.2) is 35.2 Å². The summed E-state index contributed by atoms with van der Waals surface area (Å²) in [4.78, 5) is 33.7. The van der Waals surface area contributed by atoms with Gasteiger partial charge in [-0.25, -0.2) is 10.4 Å². The van der Waals surface area contributed by atoms with Crippen LogP contribution in [0.5, 0.6) is 0 Å². The first-order chi connectivity index (χ1) is 13.7. The molecule has 28 heavy (non-hydrogen) atoms. The number of amides is 2. The number of rotatable bonds is 3. The second-order valence-electron chi connectivity index (χ2n) is 7.60. The summed E-state index contributed by atoms with van der Waals surface area (Å²) in [5, 5.41) is 0. The SMILES string of the molecule is O=C(c1ccc2c(c1)CN(C(=O)C1CCNN1)C2c1cnco1)N1CCCC1. The molecule has 8 heteroatoms. The van der Waals surface area contributed by atoms with Gasteiger partial charge >= 0.3 is 0 Å². The maximum absolute atomic E-state index is 13.1. The van der Waals surface area contributed by atoms with Crippen LogP contribution >= 0.6 is 0 Å². The molecule has 3 aliphatic heterocycles. The lowest BCUT2D eigenvalue weighted by molar-refractivity contribution is -0.135. The van der Waals surface area contributed by atoms with Gasteiger partial charge in [-0.05, 0) is 42.5 Å². The number of benzene rings is 1. The molecule has 1 aromatic heterocycles. The van der Waals surface area contributed by atoms with Crippen molar-refractivity contribution in [3.05, 3.63) is 53.2 Å². The summed E-state index contributed by atoms with van der Waals surface area (Å²) in [6.07, 6.45) is 5.91. The van der Waals surface area contributed by atoms with Crippen LogP contribution in [0.2, 0.25) is 0 Å². The highest BCUT2D eigenvalue weighted by Crippen LogP contribution is 2.39. The molecule has 2 atom stereocenters. The van der Waals surface area contributed by atoms with Crippen LogP contribution < -0.4 is 10.9 Å². The van der Waals surface area contributed by atoms with Crippen molar-refractivity contribution in [3.63, 3.8) is 0 Å². The van der Waals surface area contributed by atoms with E-state index >= 15 is 0 Å². The van der Waals surface area contributed by atoms with E-state index in [0.717, 1.165) is 50.0 Å². The molecule has 2 aromatic rings. The third-order valence-electron chi connectivity index (χ3n) is 5.87. The van der Waals surface area contributed by atoms with Crippen LogP contribution in [0.25, 0.3) is 0 Å². The Hall–Kier alpha value is -2.71. The molecule has 2 saturated heterocycles. The van der Waals surface area contributed by atoms with Gasteiger partial charge in [-0.2, -0.15) is 0 Å². The molecule has 2 N–H and O–H groups in total. The van der Waals surface area contributed by atoms with E-state index in [-0.39, 0.29) is 23.9 Å². The van der Waals surface area contributed by atoms with Crippen molar-refractivity contribution < 1.29 is 14.0 Å². The predicted octanol–water partition coefficient (Wildman–Crippen LogP) is 1.21. The van der Waals surface area contributed by atoms with E-state index in [2.05, 4.69) is 15.8 Å². The maximum atomic E-state index is 13.1. The Kier molecular flexibility index (Phi) is 4.37. The molecular formula is C20H23N5O3. The molecule has 0 saturated carbocycles. The summed E-state index contributed by atoms with van der Waals surface area (Å²) in [6, 6.07) is 5.19. The third kappa shape index (κ3) is 2.89. The molecule has 0 bridgehead atoms. The highest BCUT2D eigenvalue weighted by molar-refractivity contribution is 5.95. The van der Waals surface area contributed by atoms with Crippen molar-refractivity contribution in [3.8, 4) is 0 Å². The number of hydrazine groups is 1. The highest BCUT2D eigenvalue weighted by atomic mass is 16.3. The first-order valence-electron chi connectivity index (χ1n) is 9.82. The minimum atomic E-state index is -0.316. The normalized spacial score (nSPS) is 24.0. The molecule has 5 rings (SSSR count). The Balaban J connectivity index is 1.48. The van der Waals surface area contributed by atoms with Gasteiger partial charge in [0.1, 0.15) is 12.1 Å². The molecule has 0 radical (unpaired) electrons. The monoisotopic (exact) mass is 381 g/mol. The van der Waals surface area contributed by atoms with Crippen LogP contribution in [0, 0.1) is 0 Å². The zero-order chi connectivity index (χ0) is 19.1. The molecule has 1 aromatic carbocycles. The molecule has 2 amide bonds. The lowest BCUT2D eigenvalue weighted by Gasteiger charge is -2.26. The lowest BCUT2D eigenvalue weighted by atomic mass is 10.00. The van der Waals surface area contributed by atoms with Gasteiger partial charge in [-0.15, -0.1) is 0 Å². The van der Waals surface area contributed by atoms with Crippen LogP contribution in [0.3, 0.4) is 0 Å². The third-order valence-corrected chi connectivity index (χ3v) is 5.87. The van der Waals surface area contributed by atoms with Gasteiger partial charge in [0.15, 0.2) is 12.2 Å². The summed E-state index contributed by atoms with van der Waals surface area (Å²) in [5.74, 6) is 0.731. The van der Waals surface area contributed by atoms with Crippen molar-refractivity contribution in [1.82, 2.24) is 25.6 Å². The van der Waals surface area contributed by atoms with E-state index in [4.69, 9.17) is 4.42 Å². The molecule has 2 fully saturated rings. The van der Waals surface area contributed by atoms with Crippen LogP contribution in [-0.4, -0.2) is 52.3 Å². The Morgan fingerprint density at radius 3 is 2.79 bits per heavy atom. The number of oxazole rings is 1. The lowest BCUT2D eigenvalue weighted by Crippen LogP contribution is -2.45. The number of carbonyl (C=O) groups excluding carboxylic acids is 2. The van der Waals surface area contributed by atoms with E-state index in [1.165, 1.54) is 6.39 Å². The summed E-state index contributed by atoms with van der Waals surface area (Å²) in [5.41, 5.74) is 8.74. The van der Waals surface area contributed by atoms with E-state index in [0.29, 0.717) is 17.9 Å². The molecule has 0 aliphatic carbocycles. The number of aromatic nitrogens is 1. The quantitative estimate of drug-likeness (QED) is 0.831. The number of fused-ring (bicyclic) bond motifs is 1. The average molecular weight is 381 g/mol. The number of carbonyl (C=O) groups is 2. The van der Waals surface area contributed by atoms with E-state index in [9.17, 15) is 9.59 Å². The summed E-state index contributed by atoms with van der Waals surface area (Å²) >= 11 is 0. The fourth-order valence-electron chi connectivity index (χ4n) is 4.43. The number of hydrogen-bond donors (Lipinski definition) is 2. The van der Waals surface area contributed by atoms with Crippen molar-refractivity contribution in [1.29, 1.82) is 0 Å². The minimum absolute atomic E-state index is 0.0232. The summed E-state index contributed by atoms with van der Waals surface area (Å²) in [7, 11) is 0. The number of nitrogens with zero attached hydrogens (tertiary/aromatic N) is 3. The van der Waals surface area contributed by atoms with Gasteiger partial charge in [0, 0.05) is 31.7 Å². The largest absolute Gasteiger partial charge is 0.446 e. The molecule has 8 nitrogen and oxygen atoms in total. The van der Waals surface area contributed by atoms with Gasteiger partial charge in [0.25, 0.3) is 5.91 Å². The van der Waals surface area contributed by atoms with Gasteiger partial charge in [0.2, 0.25) is 5.91 Å². The second kappa shape index (κ2) is 7.03. The topological polar surface area (TPSA) is 90.7 Å². The number of hydrogen-bond acceptors (Lipinski definition) is 6. The molecule has 3 aliphatic rings. The smallest absolute Gasteiger partial charge is 0.253 e. The number of likely N-dealkylation sites (tertiary alicyclic amines) is 1. The average Bonchev–Trinajstić information content (AvgIpc) is 3.51. The molecule has 0 spiro atoms. The zero-order valence-corrected chi connectivity index (χ0v) is 15.6. The predicted molar refractivity (Wildman–Crippen MR) is 100 cm³/mol. The summed E-state index contributed by atoms with van der Waals surface area (Å²) < 4.78 is 5.56. The minimum Gasteiger partial charge on any atom is -0.446 e. The standard InChI is InChI=1S/C20H23N5O3/c26-19(24-7-1-2-8-24)13-3-4-15-14(9-13)11-25(18(15)17-10-21-12-28-17)20(27)16-5-6-22-23-16/h3-4,9-10,12,16,18,22-23H,1-2,5-8,11H2. The van der Waals surface area contributed by atoms with E-state index < -0.39 is 0 Å². The number of nitrogens with one attached hydrogen (secondary N) is 2. The van der Waals surface area contributed by atoms with Crippen LogP contribution in [0.1, 0.15) is 52.5 Å². The zero-order valence-electron chi connectivity index (χ0n) is 15.6. The van der Waals surface area contributed by atoms with Crippen molar-refractivity contribution in [2.75, 3.05) is 19.6 Å². The molecular weight excluding hydrogens is 358 g/mol. The Morgan fingerprint density at radius 2 is 2.07 bits per heavy atom. The van der Waals surface area contributed by atoms with Crippen molar-refractivity contribution in [2.45, 2.75) is 37.9 Å². The first-order valence-corrected chi connectivity index (χ1v) is 9.82. The van der Waals surface area contributed by atoms with Gasteiger partial charge in [-0.3, -0.25) is 15.0 Å². The fraction of sp³-hybridized carbons (Fsp3) is 0.450. The van der Waals surface area contributed by atoms with E-state index in [1.807, 2.05) is 28.0 Å². The highest BCUT2D eigenvalue weighted by Gasteiger charge is 2.40. The summed E-state index contributed by atoms with van der Waals surface area (Å²) in [6.45, 7) is 2.86. The van der Waals surface area contributed by atoms with Crippen LogP contribution in [-0.2, 0) is 11.3 Å². The first kappa shape index (κ1) is 17.4.